The van der Waals surface area contributed by atoms with E-state index in [-0.39, 0.29) is 0 Å². The summed E-state index contributed by atoms with van der Waals surface area (Å²) in [6, 6.07) is 0.577. The van der Waals surface area contributed by atoms with Crippen LogP contribution in [0.15, 0.2) is 0 Å². The Morgan fingerprint density at radius 3 is 2.73 bits per heavy atom. The highest BCUT2D eigenvalue weighted by Gasteiger charge is 2.31. The first kappa shape index (κ1) is 13.0. The van der Waals surface area contributed by atoms with E-state index in [2.05, 4.69) is 26.1 Å². The molecule has 3 N–H and O–H groups in total. The van der Waals surface area contributed by atoms with E-state index in [9.17, 15) is 0 Å². The molecule has 0 aromatic rings. The normalized spacial score (nSPS) is 27.6. The Kier molecular flexibility index (Phi) is 5.07. The topological polar surface area (TPSA) is 38.0 Å². The fraction of sp³-hybridized carbons (Fsp3) is 1.00. The van der Waals surface area contributed by atoms with E-state index in [0.29, 0.717) is 11.5 Å². The summed E-state index contributed by atoms with van der Waals surface area (Å²) < 4.78 is 0. The van der Waals surface area contributed by atoms with Crippen LogP contribution in [0, 0.1) is 11.3 Å². The van der Waals surface area contributed by atoms with Gasteiger partial charge in [0.25, 0.3) is 0 Å². The van der Waals surface area contributed by atoms with Crippen LogP contribution >= 0.6 is 0 Å². The minimum absolute atomic E-state index is 0.535. The zero-order valence-electron chi connectivity index (χ0n) is 10.7. The van der Waals surface area contributed by atoms with Crippen LogP contribution in [0.5, 0.6) is 0 Å². The Morgan fingerprint density at radius 2 is 2.13 bits per heavy atom. The van der Waals surface area contributed by atoms with Crippen LogP contribution in [-0.4, -0.2) is 19.1 Å². The zero-order valence-corrected chi connectivity index (χ0v) is 10.7. The highest BCUT2D eigenvalue weighted by atomic mass is 14.9. The molecule has 0 aromatic heterocycles. The molecule has 0 aliphatic heterocycles. The molecule has 15 heavy (non-hydrogen) atoms. The van der Waals surface area contributed by atoms with Crippen molar-refractivity contribution in [3.05, 3.63) is 0 Å². The summed E-state index contributed by atoms with van der Waals surface area (Å²) in [4.78, 5) is 0. The van der Waals surface area contributed by atoms with Crippen molar-refractivity contribution in [1.29, 1.82) is 0 Å². The molecule has 0 saturated heterocycles. The van der Waals surface area contributed by atoms with Crippen molar-refractivity contribution in [2.75, 3.05) is 13.1 Å². The molecular weight excluding hydrogens is 184 g/mol. The van der Waals surface area contributed by atoms with Crippen molar-refractivity contribution in [2.24, 2.45) is 17.1 Å². The lowest BCUT2D eigenvalue weighted by atomic mass is 9.69. The summed E-state index contributed by atoms with van der Waals surface area (Å²) in [5.74, 6) is 0.853. The number of hydrogen-bond acceptors (Lipinski definition) is 2. The SMILES string of the molecule is CC(CCN)NCC1CCCCC1(C)C. The third kappa shape index (κ3) is 4.12. The van der Waals surface area contributed by atoms with Gasteiger partial charge in [0, 0.05) is 6.04 Å². The van der Waals surface area contributed by atoms with E-state index >= 15 is 0 Å². The zero-order chi connectivity index (χ0) is 11.3. The van der Waals surface area contributed by atoms with Gasteiger partial charge in [-0.05, 0) is 50.6 Å². The number of nitrogens with one attached hydrogen (secondary N) is 1. The predicted octanol–water partition coefficient (Wildman–Crippen LogP) is 2.53. The van der Waals surface area contributed by atoms with Crippen LogP contribution in [-0.2, 0) is 0 Å². The molecule has 1 aliphatic rings. The monoisotopic (exact) mass is 212 g/mol. The van der Waals surface area contributed by atoms with Gasteiger partial charge >= 0.3 is 0 Å². The lowest BCUT2D eigenvalue weighted by molar-refractivity contribution is 0.132. The Bertz CT molecular complexity index is 177. The van der Waals surface area contributed by atoms with Crippen LogP contribution in [0.3, 0.4) is 0 Å². The molecule has 0 aromatic carbocycles. The molecule has 2 atom stereocenters. The van der Waals surface area contributed by atoms with Crippen LogP contribution in [0.25, 0.3) is 0 Å². The van der Waals surface area contributed by atoms with Crippen molar-refractivity contribution in [2.45, 2.75) is 58.9 Å². The molecule has 0 spiro atoms. The first-order valence-electron chi connectivity index (χ1n) is 6.49. The Labute approximate surface area is 95.0 Å². The minimum atomic E-state index is 0.535. The second-order valence-electron chi connectivity index (χ2n) is 5.82. The maximum atomic E-state index is 5.55. The van der Waals surface area contributed by atoms with E-state index in [1.807, 2.05) is 0 Å². The molecule has 2 unspecified atom stereocenters. The van der Waals surface area contributed by atoms with Crippen LogP contribution in [0.1, 0.15) is 52.9 Å². The molecule has 90 valence electrons. The van der Waals surface area contributed by atoms with Gasteiger partial charge < -0.3 is 11.1 Å². The van der Waals surface area contributed by atoms with Gasteiger partial charge in [-0.15, -0.1) is 0 Å². The molecule has 0 heterocycles. The van der Waals surface area contributed by atoms with Gasteiger partial charge in [0.15, 0.2) is 0 Å². The molecule has 0 radical (unpaired) electrons. The third-order valence-electron chi connectivity index (χ3n) is 4.04. The Hall–Kier alpha value is -0.0800. The standard InChI is InChI=1S/C13H28N2/c1-11(7-9-14)15-10-12-6-4-5-8-13(12,2)3/h11-12,15H,4-10,14H2,1-3H3. The van der Waals surface area contributed by atoms with E-state index in [4.69, 9.17) is 5.73 Å². The summed E-state index contributed by atoms with van der Waals surface area (Å²) in [5, 5.41) is 3.63. The van der Waals surface area contributed by atoms with E-state index < -0.39 is 0 Å². The first-order valence-corrected chi connectivity index (χ1v) is 6.49. The van der Waals surface area contributed by atoms with Crippen molar-refractivity contribution in [3.8, 4) is 0 Å². The molecule has 1 rings (SSSR count). The average molecular weight is 212 g/mol. The number of hydrogen-bond donors (Lipinski definition) is 2. The van der Waals surface area contributed by atoms with Crippen molar-refractivity contribution in [1.82, 2.24) is 5.32 Å². The Morgan fingerprint density at radius 1 is 1.40 bits per heavy atom. The van der Waals surface area contributed by atoms with Gasteiger partial charge in [0.05, 0.1) is 0 Å². The average Bonchev–Trinajstić information content (AvgIpc) is 2.16. The second kappa shape index (κ2) is 5.86. The van der Waals surface area contributed by atoms with E-state index in [0.717, 1.165) is 18.9 Å². The highest BCUT2D eigenvalue weighted by Crippen LogP contribution is 2.39. The fourth-order valence-corrected chi connectivity index (χ4v) is 2.64. The maximum absolute atomic E-state index is 5.55. The summed E-state index contributed by atoms with van der Waals surface area (Å²) in [6.07, 6.45) is 6.72. The largest absolute Gasteiger partial charge is 0.330 e. The van der Waals surface area contributed by atoms with Gasteiger partial charge in [-0.25, -0.2) is 0 Å². The molecule has 1 fully saturated rings. The van der Waals surface area contributed by atoms with E-state index in [1.165, 1.54) is 32.2 Å². The molecule has 2 heteroatoms. The summed E-state index contributed by atoms with van der Waals surface area (Å²) in [6.45, 7) is 9.05. The first-order chi connectivity index (χ1) is 7.06. The second-order valence-corrected chi connectivity index (χ2v) is 5.82. The van der Waals surface area contributed by atoms with Gasteiger partial charge in [0.1, 0.15) is 0 Å². The summed E-state index contributed by atoms with van der Waals surface area (Å²) in [7, 11) is 0. The molecule has 1 saturated carbocycles. The molecule has 0 bridgehead atoms. The third-order valence-corrected chi connectivity index (χ3v) is 4.04. The number of nitrogens with two attached hydrogens (primary N) is 1. The molecule has 0 amide bonds. The fourth-order valence-electron chi connectivity index (χ4n) is 2.64. The lowest BCUT2D eigenvalue weighted by Gasteiger charge is -2.39. The maximum Gasteiger partial charge on any atom is 0.00508 e. The van der Waals surface area contributed by atoms with Gasteiger partial charge in [-0.2, -0.15) is 0 Å². The lowest BCUT2D eigenvalue weighted by Crippen LogP contribution is -2.39. The summed E-state index contributed by atoms with van der Waals surface area (Å²) in [5.41, 5.74) is 6.09. The molecular formula is C13H28N2. The van der Waals surface area contributed by atoms with Crippen LogP contribution in [0.4, 0.5) is 0 Å². The smallest absolute Gasteiger partial charge is 0.00508 e. The van der Waals surface area contributed by atoms with E-state index in [1.54, 1.807) is 0 Å². The van der Waals surface area contributed by atoms with Crippen molar-refractivity contribution >= 4 is 0 Å². The van der Waals surface area contributed by atoms with Crippen molar-refractivity contribution in [3.63, 3.8) is 0 Å². The summed E-state index contributed by atoms with van der Waals surface area (Å²) >= 11 is 0. The van der Waals surface area contributed by atoms with Gasteiger partial charge in [-0.3, -0.25) is 0 Å². The predicted molar refractivity (Wildman–Crippen MR) is 66.9 cm³/mol. The Balaban J connectivity index is 2.30. The van der Waals surface area contributed by atoms with Crippen molar-refractivity contribution < 1.29 is 0 Å². The van der Waals surface area contributed by atoms with Crippen LogP contribution in [0.2, 0.25) is 0 Å². The number of rotatable bonds is 5. The minimum Gasteiger partial charge on any atom is -0.330 e. The van der Waals surface area contributed by atoms with Gasteiger partial charge in [-0.1, -0.05) is 26.7 Å². The highest BCUT2D eigenvalue weighted by molar-refractivity contribution is 4.84. The van der Waals surface area contributed by atoms with Gasteiger partial charge in [0.2, 0.25) is 0 Å². The molecule has 1 aliphatic carbocycles. The molecule has 2 nitrogen and oxygen atoms in total. The quantitative estimate of drug-likeness (QED) is 0.735. The van der Waals surface area contributed by atoms with Crippen LogP contribution < -0.4 is 11.1 Å².